The van der Waals surface area contributed by atoms with E-state index in [2.05, 4.69) is 10.3 Å². The molecule has 7 heteroatoms. The van der Waals surface area contributed by atoms with Gasteiger partial charge in [-0.3, -0.25) is 14.9 Å². The van der Waals surface area contributed by atoms with Gasteiger partial charge in [0.15, 0.2) is 0 Å². The number of nitrogens with zero attached hydrogens (tertiary/aromatic N) is 2. The van der Waals surface area contributed by atoms with Gasteiger partial charge in [-0.15, -0.1) is 0 Å². The molecule has 1 aromatic carbocycles. The number of anilines is 1. The predicted octanol–water partition coefficient (Wildman–Crippen LogP) is 3.08. The van der Waals surface area contributed by atoms with Crippen LogP contribution in [-0.4, -0.2) is 27.8 Å². The fraction of sp³-hybridized carbons (Fsp3) is 0.286. The van der Waals surface area contributed by atoms with Crippen molar-refractivity contribution in [2.45, 2.75) is 6.92 Å². The molecule has 0 aliphatic rings. The van der Waals surface area contributed by atoms with Gasteiger partial charge < -0.3 is 5.32 Å². The molecule has 6 nitrogen and oxygen atoms in total. The number of thioether (sulfide) groups is 1. The topological polar surface area (TPSA) is 85.1 Å². The lowest BCUT2D eigenvalue weighted by molar-refractivity contribution is -0.384. The van der Waals surface area contributed by atoms with Crippen molar-refractivity contribution in [1.29, 1.82) is 0 Å². The molecule has 0 spiro atoms. The number of carbonyl (C=O) groups excluding carboxylic acids is 1. The molecular weight excluding hydrogens is 290 g/mol. The summed E-state index contributed by atoms with van der Waals surface area (Å²) in [7, 11) is 0. The number of amides is 1. The lowest BCUT2D eigenvalue weighted by Gasteiger charge is -2.11. The zero-order valence-corrected chi connectivity index (χ0v) is 12.5. The van der Waals surface area contributed by atoms with Crippen molar-refractivity contribution in [3.63, 3.8) is 0 Å². The first-order valence-electron chi connectivity index (χ1n) is 6.36. The fourth-order valence-corrected chi connectivity index (χ4v) is 2.60. The quantitative estimate of drug-likeness (QED) is 0.677. The predicted molar refractivity (Wildman–Crippen MR) is 84.6 cm³/mol. The summed E-state index contributed by atoms with van der Waals surface area (Å²) in [6.45, 7) is 1.85. The molecule has 2 rings (SSSR count). The van der Waals surface area contributed by atoms with Gasteiger partial charge in [0.05, 0.1) is 4.92 Å². The zero-order chi connectivity index (χ0) is 15.4. The molecule has 0 saturated heterocycles. The standard InChI is InChI=1S/C14H15N3O3S/c1-9(8-21-2)14(18)16-13-12-4-3-11(17(19)20)7-10(12)5-6-15-13/h3-7,9H,8H2,1-2H3,(H,15,16,18). The minimum absolute atomic E-state index is 0.0155. The van der Waals surface area contributed by atoms with Crippen LogP contribution in [0, 0.1) is 16.0 Å². The van der Waals surface area contributed by atoms with Crippen molar-refractivity contribution in [3.8, 4) is 0 Å². The fourth-order valence-electron chi connectivity index (χ4n) is 1.94. The molecule has 1 unspecified atom stereocenters. The highest BCUT2D eigenvalue weighted by Gasteiger charge is 2.15. The van der Waals surface area contributed by atoms with Crippen LogP contribution in [0.3, 0.4) is 0 Å². The maximum Gasteiger partial charge on any atom is 0.270 e. The highest BCUT2D eigenvalue weighted by Crippen LogP contribution is 2.25. The van der Waals surface area contributed by atoms with E-state index in [0.29, 0.717) is 16.6 Å². The molecule has 0 aliphatic heterocycles. The van der Waals surface area contributed by atoms with Gasteiger partial charge in [-0.25, -0.2) is 4.98 Å². The normalized spacial score (nSPS) is 12.1. The molecule has 1 aromatic heterocycles. The summed E-state index contributed by atoms with van der Waals surface area (Å²) < 4.78 is 0. The number of aromatic nitrogens is 1. The van der Waals surface area contributed by atoms with Gasteiger partial charge in [0.2, 0.25) is 5.91 Å². The van der Waals surface area contributed by atoms with Crippen LogP contribution in [0.1, 0.15) is 6.92 Å². The van der Waals surface area contributed by atoms with Crippen LogP contribution in [0.25, 0.3) is 10.8 Å². The first-order valence-corrected chi connectivity index (χ1v) is 7.75. The monoisotopic (exact) mass is 305 g/mol. The Labute approximate surface area is 126 Å². The smallest absolute Gasteiger partial charge is 0.270 e. The molecule has 1 heterocycles. The number of benzene rings is 1. The molecule has 0 bridgehead atoms. The van der Waals surface area contributed by atoms with E-state index in [1.54, 1.807) is 23.9 Å². The number of hydrogen-bond acceptors (Lipinski definition) is 5. The van der Waals surface area contributed by atoms with Gasteiger partial charge in [0, 0.05) is 35.4 Å². The summed E-state index contributed by atoms with van der Waals surface area (Å²) in [4.78, 5) is 26.5. The maximum absolute atomic E-state index is 12.0. The van der Waals surface area contributed by atoms with E-state index in [-0.39, 0.29) is 17.5 Å². The minimum atomic E-state index is -0.446. The lowest BCUT2D eigenvalue weighted by atomic mass is 10.1. The Morgan fingerprint density at radius 3 is 2.90 bits per heavy atom. The SMILES string of the molecule is CSCC(C)C(=O)Nc1nccc2cc([N+](=O)[O-])ccc12. The van der Waals surface area contributed by atoms with Crippen molar-refractivity contribution < 1.29 is 9.72 Å². The third-order valence-electron chi connectivity index (χ3n) is 3.06. The Balaban J connectivity index is 2.32. The summed E-state index contributed by atoms with van der Waals surface area (Å²) in [5, 5.41) is 14.9. The second-order valence-electron chi connectivity index (χ2n) is 4.67. The van der Waals surface area contributed by atoms with Crippen LogP contribution in [0.4, 0.5) is 11.5 Å². The van der Waals surface area contributed by atoms with Gasteiger partial charge in [-0.2, -0.15) is 11.8 Å². The highest BCUT2D eigenvalue weighted by molar-refractivity contribution is 7.98. The lowest BCUT2D eigenvalue weighted by Crippen LogP contribution is -2.22. The van der Waals surface area contributed by atoms with Crippen LogP contribution in [0.5, 0.6) is 0 Å². The molecule has 1 amide bonds. The Bertz CT molecular complexity index is 690. The number of nitro groups is 1. The van der Waals surface area contributed by atoms with Gasteiger partial charge in [0.25, 0.3) is 5.69 Å². The second-order valence-corrected chi connectivity index (χ2v) is 5.58. The number of fused-ring (bicyclic) bond motifs is 1. The summed E-state index contributed by atoms with van der Waals surface area (Å²) in [5.41, 5.74) is 0.0155. The number of nitrogens with one attached hydrogen (secondary N) is 1. The average molecular weight is 305 g/mol. The summed E-state index contributed by atoms with van der Waals surface area (Å²) in [5.74, 6) is 0.917. The van der Waals surface area contributed by atoms with Crippen molar-refractivity contribution in [3.05, 3.63) is 40.6 Å². The van der Waals surface area contributed by atoms with Gasteiger partial charge >= 0.3 is 0 Å². The van der Waals surface area contributed by atoms with Crippen LogP contribution in [0.2, 0.25) is 0 Å². The third-order valence-corrected chi connectivity index (χ3v) is 3.90. The van der Waals surface area contributed by atoms with E-state index in [1.165, 1.54) is 18.3 Å². The van der Waals surface area contributed by atoms with E-state index >= 15 is 0 Å². The van der Waals surface area contributed by atoms with Crippen LogP contribution < -0.4 is 5.32 Å². The Hall–Kier alpha value is -2.15. The molecule has 1 atom stereocenters. The van der Waals surface area contributed by atoms with E-state index in [1.807, 2.05) is 13.2 Å². The first-order chi connectivity index (χ1) is 10.0. The number of hydrogen-bond donors (Lipinski definition) is 1. The van der Waals surface area contributed by atoms with Gasteiger partial charge in [0.1, 0.15) is 5.82 Å². The Morgan fingerprint density at radius 2 is 2.24 bits per heavy atom. The highest BCUT2D eigenvalue weighted by atomic mass is 32.2. The Kier molecular flexibility index (Phi) is 4.74. The van der Waals surface area contributed by atoms with Gasteiger partial charge in [-0.05, 0) is 23.8 Å². The molecule has 1 N–H and O–H groups in total. The average Bonchev–Trinajstić information content (AvgIpc) is 2.47. The maximum atomic E-state index is 12.0. The number of carbonyl (C=O) groups is 1. The molecule has 0 radical (unpaired) electrons. The summed E-state index contributed by atoms with van der Waals surface area (Å²) in [6.07, 6.45) is 3.47. The largest absolute Gasteiger partial charge is 0.310 e. The number of pyridine rings is 1. The molecule has 2 aromatic rings. The first kappa shape index (κ1) is 15.2. The second kappa shape index (κ2) is 6.53. The Morgan fingerprint density at radius 1 is 1.48 bits per heavy atom. The molecule has 0 fully saturated rings. The van der Waals surface area contributed by atoms with Crippen molar-refractivity contribution >= 4 is 39.9 Å². The third kappa shape index (κ3) is 3.49. The van der Waals surface area contributed by atoms with Crippen molar-refractivity contribution in [2.75, 3.05) is 17.3 Å². The van der Waals surface area contributed by atoms with Crippen molar-refractivity contribution in [2.24, 2.45) is 5.92 Å². The zero-order valence-electron chi connectivity index (χ0n) is 11.7. The number of non-ortho nitro benzene ring substituents is 1. The van der Waals surface area contributed by atoms with E-state index < -0.39 is 4.92 Å². The van der Waals surface area contributed by atoms with E-state index in [4.69, 9.17) is 0 Å². The summed E-state index contributed by atoms with van der Waals surface area (Å²) >= 11 is 1.60. The van der Waals surface area contributed by atoms with Gasteiger partial charge in [-0.1, -0.05) is 6.92 Å². The minimum Gasteiger partial charge on any atom is -0.310 e. The van der Waals surface area contributed by atoms with E-state index in [9.17, 15) is 14.9 Å². The van der Waals surface area contributed by atoms with Crippen LogP contribution in [0.15, 0.2) is 30.5 Å². The molecule has 0 saturated carbocycles. The molecule has 110 valence electrons. The molecular formula is C14H15N3O3S. The summed E-state index contributed by atoms with van der Waals surface area (Å²) in [6, 6.07) is 6.17. The van der Waals surface area contributed by atoms with Crippen molar-refractivity contribution in [1.82, 2.24) is 4.98 Å². The van der Waals surface area contributed by atoms with E-state index in [0.717, 1.165) is 5.75 Å². The number of nitro benzene ring substituents is 1. The molecule has 21 heavy (non-hydrogen) atoms. The molecule has 0 aliphatic carbocycles. The van der Waals surface area contributed by atoms with Crippen LogP contribution in [-0.2, 0) is 4.79 Å². The van der Waals surface area contributed by atoms with Crippen LogP contribution >= 0.6 is 11.8 Å². The number of rotatable bonds is 5.